The maximum absolute atomic E-state index is 12.5. The molecule has 0 unspecified atom stereocenters. The second-order valence-electron chi connectivity index (χ2n) is 4.84. The molecule has 0 spiro atoms. The van der Waals surface area contributed by atoms with Gasteiger partial charge in [0.15, 0.2) is 11.5 Å². The van der Waals surface area contributed by atoms with E-state index in [2.05, 4.69) is 15.5 Å². The zero-order valence-electron chi connectivity index (χ0n) is 12.3. The van der Waals surface area contributed by atoms with Crippen LogP contribution in [0.15, 0.2) is 41.3 Å². The largest absolute Gasteiger partial charge is 0.304 e. The topological polar surface area (TPSA) is 81.8 Å². The molecule has 7 heteroatoms. The molecule has 1 amide bonds. The summed E-state index contributed by atoms with van der Waals surface area (Å²) in [4.78, 5) is 24.8. The van der Waals surface area contributed by atoms with Crippen molar-refractivity contribution in [1.82, 2.24) is 19.6 Å². The van der Waals surface area contributed by atoms with E-state index < -0.39 is 5.91 Å². The minimum Gasteiger partial charge on any atom is -0.304 e. The minimum atomic E-state index is -0.559. The van der Waals surface area contributed by atoms with Gasteiger partial charge >= 0.3 is 0 Å². The zero-order chi connectivity index (χ0) is 15.7. The number of fused-ring (bicyclic) bond motifs is 1. The second kappa shape index (κ2) is 5.44. The van der Waals surface area contributed by atoms with Crippen LogP contribution >= 0.6 is 0 Å². The molecule has 1 N–H and O–H groups in total. The lowest BCUT2D eigenvalue weighted by Gasteiger charge is -2.09. The molecule has 2 aromatic heterocycles. The maximum Gasteiger partial charge on any atom is 0.281 e. The summed E-state index contributed by atoms with van der Waals surface area (Å²) in [5, 5.41) is 11.3. The van der Waals surface area contributed by atoms with Gasteiger partial charge in [-0.2, -0.15) is 10.2 Å². The number of nitrogens with zero attached hydrogens (tertiary/aromatic N) is 4. The number of amides is 1. The third-order valence-electron chi connectivity index (χ3n) is 3.33. The molecule has 3 rings (SSSR count). The molecule has 0 aliphatic heterocycles. The number of hydrogen-bond acceptors (Lipinski definition) is 4. The summed E-state index contributed by atoms with van der Waals surface area (Å²) in [5.74, 6) is -0.179. The van der Waals surface area contributed by atoms with Crippen LogP contribution in [-0.2, 0) is 13.6 Å². The number of aryl methyl sites for hydroxylation is 2. The highest BCUT2D eigenvalue weighted by Gasteiger charge is 2.17. The van der Waals surface area contributed by atoms with E-state index in [-0.39, 0.29) is 11.1 Å². The number of para-hydroxylation sites is 1. The van der Waals surface area contributed by atoms with Gasteiger partial charge in [0.2, 0.25) is 5.43 Å². The average molecular weight is 297 g/mol. The fourth-order valence-electron chi connectivity index (χ4n) is 2.29. The van der Waals surface area contributed by atoms with Gasteiger partial charge in [0.25, 0.3) is 5.91 Å². The Morgan fingerprint density at radius 3 is 2.68 bits per heavy atom. The van der Waals surface area contributed by atoms with Crippen molar-refractivity contribution >= 4 is 22.6 Å². The van der Waals surface area contributed by atoms with Gasteiger partial charge in [-0.05, 0) is 19.1 Å². The van der Waals surface area contributed by atoms with Crippen LogP contribution in [-0.4, -0.2) is 25.5 Å². The van der Waals surface area contributed by atoms with E-state index in [9.17, 15) is 9.59 Å². The summed E-state index contributed by atoms with van der Waals surface area (Å²) in [7, 11) is 1.74. The molecule has 0 aliphatic carbocycles. The molecule has 1 aromatic carbocycles. The summed E-state index contributed by atoms with van der Waals surface area (Å²) in [6, 6.07) is 8.77. The number of carbonyl (C=O) groups excluding carboxylic acids is 1. The maximum atomic E-state index is 12.5. The molecule has 2 heterocycles. The van der Waals surface area contributed by atoms with Crippen LogP contribution in [0.1, 0.15) is 17.4 Å². The van der Waals surface area contributed by atoms with Gasteiger partial charge < -0.3 is 5.32 Å². The smallest absolute Gasteiger partial charge is 0.281 e. The monoisotopic (exact) mass is 297 g/mol. The second-order valence-corrected chi connectivity index (χ2v) is 4.84. The van der Waals surface area contributed by atoms with E-state index in [1.165, 1.54) is 0 Å². The van der Waals surface area contributed by atoms with Crippen molar-refractivity contribution in [2.24, 2.45) is 7.05 Å². The van der Waals surface area contributed by atoms with Crippen LogP contribution in [0.2, 0.25) is 0 Å². The molecular weight excluding hydrogens is 282 g/mol. The van der Waals surface area contributed by atoms with Gasteiger partial charge in [-0.15, -0.1) is 0 Å². The van der Waals surface area contributed by atoms with Crippen molar-refractivity contribution in [1.29, 1.82) is 0 Å². The predicted molar refractivity (Wildman–Crippen MR) is 82.8 cm³/mol. The van der Waals surface area contributed by atoms with Crippen LogP contribution in [0.25, 0.3) is 10.9 Å². The Morgan fingerprint density at radius 1 is 1.23 bits per heavy atom. The van der Waals surface area contributed by atoms with E-state index in [0.29, 0.717) is 23.3 Å². The summed E-state index contributed by atoms with van der Waals surface area (Å²) in [5.41, 5.74) is 0.198. The molecule has 0 aliphatic rings. The molecule has 112 valence electrons. The fourth-order valence-corrected chi connectivity index (χ4v) is 2.29. The van der Waals surface area contributed by atoms with Crippen molar-refractivity contribution in [2.45, 2.75) is 13.5 Å². The first-order valence-corrected chi connectivity index (χ1v) is 6.91. The summed E-state index contributed by atoms with van der Waals surface area (Å²) >= 11 is 0. The van der Waals surface area contributed by atoms with E-state index in [1.807, 2.05) is 19.1 Å². The van der Waals surface area contributed by atoms with Crippen molar-refractivity contribution in [3.8, 4) is 0 Å². The van der Waals surface area contributed by atoms with E-state index in [0.717, 1.165) is 0 Å². The van der Waals surface area contributed by atoms with Gasteiger partial charge in [-0.3, -0.25) is 19.0 Å². The molecular formula is C15H15N5O2. The molecule has 22 heavy (non-hydrogen) atoms. The number of rotatable bonds is 3. The van der Waals surface area contributed by atoms with Crippen molar-refractivity contribution in [3.63, 3.8) is 0 Å². The number of carbonyl (C=O) groups is 1. The minimum absolute atomic E-state index is 0.133. The number of benzene rings is 1. The first kappa shape index (κ1) is 14.0. The molecule has 3 aromatic rings. The molecule has 0 fully saturated rings. The van der Waals surface area contributed by atoms with Crippen LogP contribution in [0.4, 0.5) is 5.82 Å². The van der Waals surface area contributed by atoms with Crippen LogP contribution in [0.3, 0.4) is 0 Å². The Balaban J connectivity index is 2.08. The number of anilines is 1. The fraction of sp³-hybridized carbons (Fsp3) is 0.200. The van der Waals surface area contributed by atoms with E-state index in [1.54, 1.807) is 40.8 Å². The highest BCUT2D eigenvalue weighted by molar-refractivity contribution is 6.03. The van der Waals surface area contributed by atoms with Gasteiger partial charge in [-0.25, -0.2) is 0 Å². The van der Waals surface area contributed by atoms with Gasteiger partial charge in [0.05, 0.1) is 5.52 Å². The number of nitrogens with one attached hydrogen (secondary N) is 1. The number of hydrogen-bond donors (Lipinski definition) is 1. The normalized spacial score (nSPS) is 10.8. The first-order chi connectivity index (χ1) is 10.6. The lowest BCUT2D eigenvalue weighted by atomic mass is 10.2. The van der Waals surface area contributed by atoms with Crippen LogP contribution in [0.5, 0.6) is 0 Å². The Bertz CT molecular complexity index is 910. The first-order valence-electron chi connectivity index (χ1n) is 6.91. The number of aromatic nitrogens is 4. The Labute approximate surface area is 126 Å². The third kappa shape index (κ3) is 2.37. The van der Waals surface area contributed by atoms with Crippen molar-refractivity contribution < 1.29 is 4.79 Å². The van der Waals surface area contributed by atoms with Gasteiger partial charge in [-0.1, -0.05) is 12.1 Å². The van der Waals surface area contributed by atoms with Gasteiger partial charge in [0, 0.05) is 31.2 Å². The van der Waals surface area contributed by atoms with Gasteiger partial charge in [0.1, 0.15) is 0 Å². The van der Waals surface area contributed by atoms with E-state index in [4.69, 9.17) is 0 Å². The molecule has 0 saturated carbocycles. The Kier molecular flexibility index (Phi) is 3.46. The molecule has 0 radical (unpaired) electrons. The highest BCUT2D eigenvalue weighted by atomic mass is 16.2. The lowest BCUT2D eigenvalue weighted by Crippen LogP contribution is -2.27. The molecule has 0 bridgehead atoms. The third-order valence-corrected chi connectivity index (χ3v) is 3.33. The molecule has 7 nitrogen and oxygen atoms in total. The van der Waals surface area contributed by atoms with Crippen molar-refractivity contribution in [2.75, 3.05) is 5.32 Å². The SMILES string of the molecule is CCn1nc(C(=O)Nc2ccn(C)n2)c(=O)c2ccccc21. The highest BCUT2D eigenvalue weighted by Crippen LogP contribution is 2.10. The Hall–Kier alpha value is -2.96. The quantitative estimate of drug-likeness (QED) is 0.792. The van der Waals surface area contributed by atoms with Crippen LogP contribution < -0.4 is 10.7 Å². The summed E-state index contributed by atoms with van der Waals surface area (Å²) < 4.78 is 3.21. The predicted octanol–water partition coefficient (Wildman–Crippen LogP) is 1.40. The average Bonchev–Trinajstić information content (AvgIpc) is 2.93. The molecule has 0 atom stereocenters. The lowest BCUT2D eigenvalue weighted by molar-refractivity contribution is 0.101. The van der Waals surface area contributed by atoms with Crippen LogP contribution in [0, 0.1) is 0 Å². The summed E-state index contributed by atoms with van der Waals surface area (Å²) in [6.07, 6.45) is 1.70. The zero-order valence-corrected chi connectivity index (χ0v) is 12.3. The van der Waals surface area contributed by atoms with Crippen molar-refractivity contribution in [3.05, 3.63) is 52.4 Å². The summed E-state index contributed by atoms with van der Waals surface area (Å²) in [6.45, 7) is 2.47. The van der Waals surface area contributed by atoms with E-state index >= 15 is 0 Å². The Morgan fingerprint density at radius 2 is 2.00 bits per heavy atom. The standard InChI is InChI=1S/C15H15N5O2/c1-3-20-11-7-5-4-6-10(11)14(21)13(18-20)15(22)16-12-8-9-19(2)17-12/h4-9H,3H2,1-2H3,(H,16,17,22). The molecule has 0 saturated heterocycles.